The maximum atomic E-state index is 13.6. The third-order valence-corrected chi connectivity index (χ3v) is 7.49. The first-order valence-corrected chi connectivity index (χ1v) is 10.8. The molecule has 1 aliphatic heterocycles. The van der Waals surface area contributed by atoms with Gasteiger partial charge in [0.05, 0.1) is 25.3 Å². The Hall–Kier alpha value is -2.95. The van der Waals surface area contributed by atoms with E-state index < -0.39 is 0 Å². The van der Waals surface area contributed by atoms with Crippen molar-refractivity contribution in [2.24, 2.45) is 18.9 Å². The summed E-state index contributed by atoms with van der Waals surface area (Å²) in [6.07, 6.45) is 0. The van der Waals surface area contributed by atoms with Gasteiger partial charge in [0.15, 0.2) is 11.5 Å². The van der Waals surface area contributed by atoms with Crippen LogP contribution in [-0.4, -0.2) is 24.4 Å². The van der Waals surface area contributed by atoms with E-state index in [9.17, 15) is 4.79 Å². The Morgan fingerprint density at radius 2 is 1.71 bits per heavy atom. The van der Waals surface area contributed by atoms with Crippen molar-refractivity contribution in [3.63, 3.8) is 0 Å². The van der Waals surface area contributed by atoms with Gasteiger partial charge in [0, 0.05) is 24.3 Å². The van der Waals surface area contributed by atoms with Crippen LogP contribution in [0.1, 0.15) is 43.7 Å². The Labute approximate surface area is 182 Å². The number of nitrogens with zero attached hydrogens (tertiary/aromatic N) is 1. The molecule has 162 valence electrons. The number of para-hydroxylation sites is 1. The van der Waals surface area contributed by atoms with Crippen molar-refractivity contribution in [1.82, 2.24) is 4.57 Å². The van der Waals surface area contributed by atoms with Gasteiger partial charge in [-0.3, -0.25) is 4.79 Å². The third kappa shape index (κ3) is 2.65. The lowest BCUT2D eigenvalue weighted by Crippen LogP contribution is -2.59. The molecule has 0 saturated heterocycles. The van der Waals surface area contributed by atoms with Crippen molar-refractivity contribution in [2.45, 2.75) is 38.2 Å². The molecule has 31 heavy (non-hydrogen) atoms. The quantitative estimate of drug-likeness (QED) is 0.608. The predicted octanol–water partition coefficient (Wildman–Crippen LogP) is 4.86. The Kier molecular flexibility index (Phi) is 4.37. The predicted molar refractivity (Wildman–Crippen MR) is 122 cm³/mol. The molecule has 0 spiro atoms. The maximum Gasteiger partial charge on any atom is 0.258 e. The van der Waals surface area contributed by atoms with Crippen LogP contribution in [0.5, 0.6) is 17.2 Å². The number of hydrogen-bond donors (Lipinski definition) is 0. The fourth-order valence-corrected chi connectivity index (χ4v) is 6.18. The molecule has 1 aromatic heterocycles. The van der Waals surface area contributed by atoms with Crippen molar-refractivity contribution >= 4 is 10.9 Å². The van der Waals surface area contributed by atoms with Crippen LogP contribution < -0.4 is 19.8 Å². The van der Waals surface area contributed by atoms with Crippen LogP contribution in [0, 0.1) is 11.8 Å². The molecule has 0 amide bonds. The molecule has 5 nitrogen and oxygen atoms in total. The lowest BCUT2D eigenvalue weighted by Gasteiger charge is -2.60. The summed E-state index contributed by atoms with van der Waals surface area (Å²) in [5, 5.41) is 0.997. The number of hydrogen-bond acceptors (Lipinski definition) is 4. The normalized spacial score (nSPS) is 25.7. The van der Waals surface area contributed by atoms with Gasteiger partial charge in [-0.15, -0.1) is 0 Å². The average Bonchev–Trinajstić information content (AvgIpc) is 2.75. The number of benzene rings is 2. The molecule has 1 aliphatic carbocycles. The van der Waals surface area contributed by atoms with Crippen LogP contribution in [-0.2, 0) is 7.05 Å². The van der Waals surface area contributed by atoms with E-state index in [0.29, 0.717) is 17.4 Å². The first kappa shape index (κ1) is 20.0. The summed E-state index contributed by atoms with van der Waals surface area (Å²) in [6.45, 7) is 6.58. The lowest BCUT2D eigenvalue weighted by molar-refractivity contribution is -0.0827. The molecule has 5 heteroatoms. The van der Waals surface area contributed by atoms with Crippen LogP contribution in [0.3, 0.4) is 0 Å². The van der Waals surface area contributed by atoms with Crippen molar-refractivity contribution in [2.75, 3.05) is 14.2 Å². The van der Waals surface area contributed by atoms with E-state index in [0.717, 1.165) is 22.2 Å². The fourth-order valence-electron chi connectivity index (χ4n) is 6.18. The summed E-state index contributed by atoms with van der Waals surface area (Å²) in [6, 6.07) is 14.1. The minimum atomic E-state index is -0.362. The van der Waals surface area contributed by atoms with E-state index >= 15 is 0 Å². The Balaban J connectivity index is 1.74. The molecule has 1 fully saturated rings. The van der Waals surface area contributed by atoms with Gasteiger partial charge in [0.1, 0.15) is 11.4 Å². The smallest absolute Gasteiger partial charge is 0.258 e. The Bertz CT molecular complexity index is 1240. The number of aromatic nitrogens is 1. The number of aryl methyl sites for hydroxylation is 1. The molecule has 4 atom stereocenters. The largest absolute Gasteiger partial charge is 0.493 e. The van der Waals surface area contributed by atoms with Gasteiger partial charge >= 0.3 is 0 Å². The van der Waals surface area contributed by atoms with E-state index in [2.05, 4.69) is 39.0 Å². The van der Waals surface area contributed by atoms with Gasteiger partial charge in [-0.25, -0.2) is 0 Å². The van der Waals surface area contributed by atoms with Crippen LogP contribution in [0.15, 0.2) is 47.3 Å². The standard InChI is InChI=1S/C26H29NO4/c1-14-20(15-11-12-18(29-5)19(13-15)30-6)21-22-24(31-26(2,3)23(14)21)16-9-7-8-10-17(16)27(4)25(22)28/h7-14,20-21,23H,1-6H3/t14-,20+,21+,23+/m1/s1. The molecule has 0 bridgehead atoms. The zero-order chi connectivity index (χ0) is 22.1. The molecule has 2 aromatic carbocycles. The number of methoxy groups -OCH3 is 2. The number of rotatable bonds is 3. The lowest BCUT2D eigenvalue weighted by atomic mass is 9.48. The minimum Gasteiger partial charge on any atom is -0.493 e. The number of fused-ring (bicyclic) bond motifs is 5. The second-order valence-corrected chi connectivity index (χ2v) is 9.38. The summed E-state index contributed by atoms with van der Waals surface area (Å²) in [4.78, 5) is 13.6. The number of pyridine rings is 1. The van der Waals surface area contributed by atoms with Gasteiger partial charge in [-0.2, -0.15) is 0 Å². The second kappa shape index (κ2) is 6.78. The summed E-state index contributed by atoms with van der Waals surface area (Å²) in [5.74, 6) is 3.10. The zero-order valence-corrected chi connectivity index (χ0v) is 18.9. The van der Waals surface area contributed by atoms with Crippen LogP contribution in [0.25, 0.3) is 10.9 Å². The van der Waals surface area contributed by atoms with E-state index in [1.807, 2.05) is 31.3 Å². The molecule has 3 aromatic rings. The van der Waals surface area contributed by atoms with Crippen molar-refractivity contribution in [3.05, 3.63) is 63.9 Å². The van der Waals surface area contributed by atoms with Crippen LogP contribution >= 0.6 is 0 Å². The molecule has 5 rings (SSSR count). The summed E-state index contributed by atoms with van der Waals surface area (Å²) in [5.41, 5.74) is 2.56. The molecule has 0 unspecified atom stereocenters. The summed E-state index contributed by atoms with van der Waals surface area (Å²) >= 11 is 0. The molecule has 0 radical (unpaired) electrons. The Morgan fingerprint density at radius 1 is 1.00 bits per heavy atom. The van der Waals surface area contributed by atoms with Crippen LogP contribution in [0.2, 0.25) is 0 Å². The first-order chi connectivity index (χ1) is 14.8. The highest BCUT2D eigenvalue weighted by atomic mass is 16.5. The molecular weight excluding hydrogens is 390 g/mol. The highest BCUT2D eigenvalue weighted by Gasteiger charge is 2.60. The van der Waals surface area contributed by atoms with Gasteiger partial charge in [-0.05, 0) is 55.5 Å². The zero-order valence-electron chi connectivity index (χ0n) is 18.9. The van der Waals surface area contributed by atoms with E-state index in [1.165, 1.54) is 5.56 Å². The van der Waals surface area contributed by atoms with Gasteiger partial charge in [0.25, 0.3) is 5.56 Å². The van der Waals surface area contributed by atoms with Crippen LogP contribution in [0.4, 0.5) is 0 Å². The summed E-state index contributed by atoms with van der Waals surface area (Å²) < 4.78 is 19.3. The van der Waals surface area contributed by atoms with Crippen molar-refractivity contribution in [3.8, 4) is 17.2 Å². The monoisotopic (exact) mass is 419 g/mol. The SMILES string of the molecule is COc1ccc([C@@H]2[C@@H](C)[C@H]3[C@@H]2c2c(c4ccccc4n(C)c2=O)OC3(C)C)cc1OC. The molecule has 0 N–H and O–H groups in total. The molecule has 1 saturated carbocycles. The van der Waals surface area contributed by atoms with E-state index in [4.69, 9.17) is 14.2 Å². The van der Waals surface area contributed by atoms with E-state index in [-0.39, 0.29) is 28.9 Å². The second-order valence-electron chi connectivity index (χ2n) is 9.38. The van der Waals surface area contributed by atoms with Crippen molar-refractivity contribution < 1.29 is 14.2 Å². The first-order valence-electron chi connectivity index (χ1n) is 10.8. The minimum absolute atomic E-state index is 0.0385. The topological polar surface area (TPSA) is 49.7 Å². The van der Waals surface area contributed by atoms with Gasteiger partial charge in [0.2, 0.25) is 0 Å². The molecular formula is C26H29NO4. The fraction of sp³-hybridized carbons (Fsp3) is 0.423. The highest BCUT2D eigenvalue weighted by molar-refractivity contribution is 5.87. The molecule has 2 heterocycles. The number of ether oxygens (including phenoxy) is 3. The van der Waals surface area contributed by atoms with Crippen molar-refractivity contribution in [1.29, 1.82) is 0 Å². The highest BCUT2D eigenvalue weighted by Crippen LogP contribution is 2.65. The Morgan fingerprint density at radius 3 is 2.42 bits per heavy atom. The third-order valence-electron chi connectivity index (χ3n) is 7.49. The van der Waals surface area contributed by atoms with Gasteiger partial charge in [-0.1, -0.05) is 25.1 Å². The van der Waals surface area contributed by atoms with Gasteiger partial charge < -0.3 is 18.8 Å². The van der Waals surface area contributed by atoms with E-state index in [1.54, 1.807) is 18.8 Å². The molecule has 2 aliphatic rings. The average molecular weight is 420 g/mol. The maximum absolute atomic E-state index is 13.6. The summed E-state index contributed by atoms with van der Waals surface area (Å²) in [7, 11) is 5.15.